The number of aryl methyl sites for hydroxylation is 1. The number of hydrogen-bond acceptors (Lipinski definition) is 6. The molecule has 3 N–H and O–H groups in total. The maximum absolute atomic E-state index is 6.92. The van der Waals surface area contributed by atoms with Crippen LogP contribution in [0.4, 0.5) is 11.5 Å². The lowest BCUT2D eigenvalue weighted by molar-refractivity contribution is 0.153. The zero-order chi connectivity index (χ0) is 27.0. The highest BCUT2D eigenvalue weighted by Gasteiger charge is 2.35. The molecule has 6 heteroatoms. The van der Waals surface area contributed by atoms with Crippen molar-refractivity contribution < 1.29 is 6.16 Å². The van der Waals surface area contributed by atoms with Gasteiger partial charge in [-0.15, -0.1) is 0 Å². The SMILES string of the molecule is CC.CCCN(CCC)c1cc(N)nc(OCCN2CCC3CCCCC32)c1.Cc1cccc(C=N)c1.[HH]. The molecular formula is C31H53N5O. The average Bonchev–Trinajstić information content (AvgIpc) is 3.33. The fourth-order valence-electron chi connectivity index (χ4n) is 5.49. The summed E-state index contributed by atoms with van der Waals surface area (Å²) >= 11 is 0. The number of nitrogens with two attached hydrogens (primary N) is 1. The largest absolute Gasteiger partial charge is 0.476 e. The second-order valence-corrected chi connectivity index (χ2v) is 9.92. The normalized spacial score (nSPS) is 18.5. The molecule has 2 unspecified atom stereocenters. The average molecular weight is 512 g/mol. The van der Waals surface area contributed by atoms with E-state index in [1.165, 1.54) is 50.4 Å². The molecule has 0 spiro atoms. The number of fused-ring (bicyclic) bond motifs is 1. The molecule has 2 aliphatic rings. The quantitative estimate of drug-likeness (QED) is 0.330. The molecule has 1 aromatic heterocycles. The molecule has 0 amide bonds. The predicted octanol–water partition coefficient (Wildman–Crippen LogP) is 7.20. The van der Waals surface area contributed by atoms with E-state index < -0.39 is 0 Å². The van der Waals surface area contributed by atoms with E-state index in [9.17, 15) is 0 Å². The maximum atomic E-state index is 6.92. The van der Waals surface area contributed by atoms with Gasteiger partial charge in [-0.1, -0.05) is 70.4 Å². The fourth-order valence-corrected chi connectivity index (χ4v) is 5.49. The number of hydrogen-bond donors (Lipinski definition) is 2. The number of pyridine rings is 1. The molecule has 2 fully saturated rings. The van der Waals surface area contributed by atoms with Gasteiger partial charge in [0, 0.05) is 51.1 Å². The van der Waals surface area contributed by atoms with Crippen molar-refractivity contribution >= 4 is 17.7 Å². The number of aromatic nitrogens is 1. The third kappa shape index (κ3) is 9.99. The monoisotopic (exact) mass is 511 g/mol. The molecule has 6 nitrogen and oxygen atoms in total. The van der Waals surface area contributed by atoms with Crippen LogP contribution in [0.15, 0.2) is 36.4 Å². The zero-order valence-corrected chi connectivity index (χ0v) is 24.0. The molecule has 1 aliphatic heterocycles. The van der Waals surface area contributed by atoms with E-state index in [2.05, 4.69) is 34.7 Å². The van der Waals surface area contributed by atoms with Gasteiger partial charge < -0.3 is 20.8 Å². The van der Waals surface area contributed by atoms with Gasteiger partial charge in [-0.2, -0.15) is 4.98 Å². The summed E-state index contributed by atoms with van der Waals surface area (Å²) in [6, 6.07) is 12.7. The topological polar surface area (TPSA) is 78.5 Å². The third-order valence-corrected chi connectivity index (χ3v) is 7.12. The highest BCUT2D eigenvalue weighted by atomic mass is 16.5. The van der Waals surface area contributed by atoms with Crippen molar-refractivity contribution in [1.82, 2.24) is 9.88 Å². The lowest BCUT2D eigenvalue weighted by atomic mass is 9.85. The summed E-state index contributed by atoms with van der Waals surface area (Å²) in [6.45, 7) is 15.4. The van der Waals surface area contributed by atoms with E-state index in [0.29, 0.717) is 18.3 Å². The highest BCUT2D eigenvalue weighted by Crippen LogP contribution is 2.35. The summed E-state index contributed by atoms with van der Waals surface area (Å²) in [7, 11) is 0. The van der Waals surface area contributed by atoms with Crippen molar-refractivity contribution in [3.05, 3.63) is 47.5 Å². The van der Waals surface area contributed by atoms with Crippen LogP contribution >= 0.6 is 0 Å². The van der Waals surface area contributed by atoms with E-state index in [1.54, 1.807) is 0 Å². The van der Waals surface area contributed by atoms with Crippen molar-refractivity contribution in [2.24, 2.45) is 5.92 Å². The minimum atomic E-state index is 0. The first-order valence-corrected chi connectivity index (χ1v) is 14.5. The van der Waals surface area contributed by atoms with E-state index >= 15 is 0 Å². The molecule has 4 rings (SSSR count). The molecule has 1 saturated carbocycles. The first kappa shape index (κ1) is 30.6. The van der Waals surface area contributed by atoms with Gasteiger partial charge in [-0.05, 0) is 57.1 Å². The van der Waals surface area contributed by atoms with Gasteiger partial charge in [-0.25, -0.2) is 0 Å². The van der Waals surface area contributed by atoms with Crippen molar-refractivity contribution in [3.63, 3.8) is 0 Å². The van der Waals surface area contributed by atoms with Crippen LogP contribution in [0.1, 0.15) is 85.2 Å². The van der Waals surface area contributed by atoms with Crippen LogP contribution in [-0.4, -0.2) is 54.9 Å². The lowest BCUT2D eigenvalue weighted by Crippen LogP contribution is -2.37. The molecule has 1 aromatic carbocycles. The van der Waals surface area contributed by atoms with E-state index in [4.69, 9.17) is 15.9 Å². The molecule has 2 atom stereocenters. The van der Waals surface area contributed by atoms with Crippen LogP contribution in [-0.2, 0) is 0 Å². The first-order chi connectivity index (χ1) is 18.0. The van der Waals surface area contributed by atoms with Crippen molar-refractivity contribution in [1.29, 1.82) is 5.41 Å². The Morgan fingerprint density at radius 2 is 1.84 bits per heavy atom. The first-order valence-electron chi connectivity index (χ1n) is 14.5. The smallest absolute Gasteiger partial charge is 0.217 e. The predicted molar refractivity (Wildman–Crippen MR) is 161 cm³/mol. The summed E-state index contributed by atoms with van der Waals surface area (Å²) in [6.07, 6.45) is 10.6. The van der Waals surface area contributed by atoms with Gasteiger partial charge >= 0.3 is 0 Å². The van der Waals surface area contributed by atoms with Gasteiger partial charge in [0.2, 0.25) is 5.88 Å². The third-order valence-electron chi connectivity index (χ3n) is 7.12. The number of nitrogen functional groups attached to an aromatic ring is 1. The summed E-state index contributed by atoms with van der Waals surface area (Å²) in [5.74, 6) is 2.14. The highest BCUT2D eigenvalue weighted by molar-refractivity contribution is 5.76. The number of nitrogens with one attached hydrogen (secondary N) is 1. The van der Waals surface area contributed by atoms with Crippen molar-refractivity contribution in [3.8, 4) is 5.88 Å². The van der Waals surface area contributed by atoms with Crippen LogP contribution in [0.3, 0.4) is 0 Å². The van der Waals surface area contributed by atoms with E-state index in [1.807, 2.05) is 51.1 Å². The van der Waals surface area contributed by atoms with Crippen molar-refractivity contribution in [2.45, 2.75) is 85.6 Å². The van der Waals surface area contributed by atoms with Crippen LogP contribution in [0.2, 0.25) is 0 Å². The number of likely N-dealkylation sites (tertiary alicyclic amines) is 1. The zero-order valence-electron chi connectivity index (χ0n) is 24.0. The van der Waals surface area contributed by atoms with Crippen LogP contribution in [0.25, 0.3) is 0 Å². The summed E-state index contributed by atoms with van der Waals surface area (Å²) in [4.78, 5) is 9.40. The molecule has 1 saturated heterocycles. The number of anilines is 2. The Balaban J connectivity index is 0.000000508. The van der Waals surface area contributed by atoms with Crippen LogP contribution in [0, 0.1) is 18.3 Å². The molecular weight excluding hydrogens is 458 g/mol. The van der Waals surface area contributed by atoms with E-state index in [0.717, 1.165) is 55.7 Å². The number of nitrogens with zero attached hydrogens (tertiary/aromatic N) is 3. The second-order valence-electron chi connectivity index (χ2n) is 9.92. The van der Waals surface area contributed by atoms with Gasteiger partial charge in [0.05, 0.1) is 0 Å². The molecule has 208 valence electrons. The molecule has 1 aliphatic carbocycles. The molecule has 0 radical (unpaired) electrons. The van der Waals surface area contributed by atoms with Gasteiger partial charge in [0.1, 0.15) is 12.4 Å². The standard InChI is InChI=1S/C21H36N4O.C8H9N.C2H6.H2/c1-3-10-24(11-4-2)18-15-20(22)23-21(16-18)26-14-13-25-12-9-17-7-5-6-8-19(17)25;1-7-3-2-4-8(5-7)6-9;1-2;/h15-17,19H,3-14H2,1-2H3,(H2,22,23);2-6,9H,1H3;1-2H3;1H. The van der Waals surface area contributed by atoms with Gasteiger partial charge in [-0.3, -0.25) is 4.90 Å². The summed E-state index contributed by atoms with van der Waals surface area (Å²) < 4.78 is 6.02. The number of benzene rings is 1. The van der Waals surface area contributed by atoms with Crippen LogP contribution in [0.5, 0.6) is 5.88 Å². The Kier molecular flexibility index (Phi) is 14.1. The molecule has 37 heavy (non-hydrogen) atoms. The Morgan fingerprint density at radius 3 is 2.49 bits per heavy atom. The van der Waals surface area contributed by atoms with Crippen LogP contribution < -0.4 is 15.4 Å². The molecule has 2 heterocycles. The van der Waals surface area contributed by atoms with Crippen molar-refractivity contribution in [2.75, 3.05) is 43.4 Å². The Morgan fingerprint density at radius 1 is 1.11 bits per heavy atom. The lowest BCUT2D eigenvalue weighted by Gasteiger charge is -2.31. The Labute approximate surface area is 227 Å². The summed E-state index contributed by atoms with van der Waals surface area (Å²) in [5, 5.41) is 6.92. The second kappa shape index (κ2) is 17.0. The maximum Gasteiger partial charge on any atom is 0.217 e. The van der Waals surface area contributed by atoms with Gasteiger partial charge in [0.15, 0.2) is 0 Å². The molecule has 0 bridgehead atoms. The number of rotatable bonds is 10. The minimum absolute atomic E-state index is 0. The Hall–Kier alpha value is -2.60. The molecule has 2 aromatic rings. The Bertz CT molecular complexity index is 919. The fraction of sp³-hybridized carbons (Fsp3) is 0.613. The summed E-state index contributed by atoms with van der Waals surface area (Å²) in [5.41, 5.74) is 9.34. The number of ether oxygens (including phenoxy) is 1. The van der Waals surface area contributed by atoms with Gasteiger partial charge in [0.25, 0.3) is 0 Å². The van der Waals surface area contributed by atoms with E-state index in [-0.39, 0.29) is 1.43 Å². The minimum Gasteiger partial charge on any atom is -0.476 e.